The van der Waals surface area contributed by atoms with E-state index in [4.69, 9.17) is 4.42 Å². The predicted octanol–water partition coefficient (Wildman–Crippen LogP) is 5.93. The Balaban J connectivity index is 1.49. The highest BCUT2D eigenvalue weighted by molar-refractivity contribution is 7.89. The van der Waals surface area contributed by atoms with Gasteiger partial charge in [0.2, 0.25) is 10.0 Å². The SMILES string of the molecule is O=C(c1ccc(S(=O)(=O)N2CCCCC2)cc1)N(Cc1ccco1)c1nc2c(C(F)(F)F)cccc2s1. The fraction of sp³-hybridized carbons (Fsp3) is 0.280. The number of benzene rings is 2. The Morgan fingerprint density at radius 2 is 1.76 bits per heavy atom. The van der Waals surface area contributed by atoms with Crippen molar-refractivity contribution in [2.75, 3.05) is 18.0 Å². The first-order chi connectivity index (χ1) is 17.6. The minimum Gasteiger partial charge on any atom is -0.467 e. The molecular formula is C25H22F3N3O4S2. The Bertz CT molecular complexity index is 1510. The Kier molecular flexibility index (Phi) is 6.82. The number of halogens is 3. The lowest BCUT2D eigenvalue weighted by molar-refractivity contribution is -0.136. The van der Waals surface area contributed by atoms with Crippen molar-refractivity contribution in [3.05, 3.63) is 77.7 Å². The Hall–Kier alpha value is -3.22. The van der Waals surface area contributed by atoms with Crippen LogP contribution in [0, 0.1) is 0 Å². The molecular weight excluding hydrogens is 527 g/mol. The van der Waals surface area contributed by atoms with Crippen molar-refractivity contribution in [2.45, 2.75) is 36.9 Å². The summed E-state index contributed by atoms with van der Waals surface area (Å²) < 4.78 is 73.7. The van der Waals surface area contributed by atoms with E-state index >= 15 is 0 Å². The zero-order valence-electron chi connectivity index (χ0n) is 19.4. The number of aromatic nitrogens is 1. The van der Waals surface area contributed by atoms with Crippen LogP contribution in [-0.4, -0.2) is 36.7 Å². The van der Waals surface area contributed by atoms with Gasteiger partial charge in [-0.1, -0.05) is 23.8 Å². The van der Waals surface area contributed by atoms with Crippen LogP contribution in [0.25, 0.3) is 10.2 Å². The molecule has 2 aromatic heterocycles. The second-order valence-electron chi connectivity index (χ2n) is 8.61. The maximum absolute atomic E-state index is 13.6. The summed E-state index contributed by atoms with van der Waals surface area (Å²) in [6, 6.07) is 12.6. The molecule has 0 unspecified atom stereocenters. The zero-order chi connectivity index (χ0) is 26.2. The topological polar surface area (TPSA) is 83.7 Å². The van der Waals surface area contributed by atoms with Crippen LogP contribution in [0.5, 0.6) is 0 Å². The molecule has 0 aliphatic carbocycles. The number of amides is 1. The van der Waals surface area contributed by atoms with Crippen molar-refractivity contribution in [1.82, 2.24) is 9.29 Å². The van der Waals surface area contributed by atoms with Crippen LogP contribution in [0.4, 0.5) is 18.3 Å². The van der Waals surface area contributed by atoms with E-state index in [1.165, 1.54) is 51.9 Å². The third-order valence-corrected chi connectivity index (χ3v) is 9.09. The summed E-state index contributed by atoms with van der Waals surface area (Å²) in [5.74, 6) is -0.140. The number of para-hydroxylation sites is 1. The maximum atomic E-state index is 13.6. The molecule has 1 amide bonds. The molecule has 0 atom stereocenters. The quantitative estimate of drug-likeness (QED) is 0.298. The lowest BCUT2D eigenvalue weighted by Crippen LogP contribution is -2.35. The van der Waals surface area contributed by atoms with Crippen LogP contribution in [-0.2, 0) is 22.7 Å². The number of carbonyl (C=O) groups is 1. The number of furan rings is 1. The smallest absolute Gasteiger partial charge is 0.418 e. The number of thiazole rings is 1. The minimum absolute atomic E-state index is 0.0677. The van der Waals surface area contributed by atoms with Crippen LogP contribution in [0.1, 0.15) is 40.9 Å². The lowest BCUT2D eigenvalue weighted by atomic mass is 10.2. The zero-order valence-corrected chi connectivity index (χ0v) is 21.1. The molecule has 194 valence electrons. The number of alkyl halides is 3. The van der Waals surface area contributed by atoms with Crippen LogP contribution in [0.15, 0.2) is 70.2 Å². The molecule has 37 heavy (non-hydrogen) atoms. The molecule has 7 nitrogen and oxygen atoms in total. The molecule has 0 bridgehead atoms. The second kappa shape index (κ2) is 9.92. The van der Waals surface area contributed by atoms with E-state index in [1.54, 1.807) is 12.1 Å². The monoisotopic (exact) mass is 549 g/mol. The molecule has 12 heteroatoms. The van der Waals surface area contributed by atoms with Crippen molar-refractivity contribution in [2.24, 2.45) is 0 Å². The molecule has 1 aliphatic rings. The normalized spacial score (nSPS) is 15.2. The van der Waals surface area contributed by atoms with Gasteiger partial charge in [0, 0.05) is 18.7 Å². The van der Waals surface area contributed by atoms with Gasteiger partial charge in [-0.3, -0.25) is 9.69 Å². The van der Waals surface area contributed by atoms with Crippen LogP contribution >= 0.6 is 11.3 Å². The van der Waals surface area contributed by atoms with E-state index in [0.717, 1.165) is 36.7 Å². The summed E-state index contributed by atoms with van der Waals surface area (Å²) >= 11 is 0.956. The maximum Gasteiger partial charge on any atom is 0.418 e. The summed E-state index contributed by atoms with van der Waals surface area (Å²) in [4.78, 5) is 19.1. The Labute approximate surface area is 215 Å². The first-order valence-electron chi connectivity index (χ1n) is 11.6. The van der Waals surface area contributed by atoms with Crippen LogP contribution in [0.2, 0.25) is 0 Å². The predicted molar refractivity (Wildman–Crippen MR) is 133 cm³/mol. The lowest BCUT2D eigenvalue weighted by Gasteiger charge is -2.26. The number of rotatable bonds is 6. The Morgan fingerprint density at radius 3 is 2.41 bits per heavy atom. The third kappa shape index (κ3) is 5.13. The fourth-order valence-electron chi connectivity index (χ4n) is 4.25. The molecule has 3 heterocycles. The number of sulfonamides is 1. The van der Waals surface area contributed by atoms with Crippen LogP contribution < -0.4 is 4.90 Å². The number of hydrogen-bond acceptors (Lipinski definition) is 6. The number of piperidine rings is 1. The number of anilines is 1. The highest BCUT2D eigenvalue weighted by atomic mass is 32.2. The standard InChI is InChI=1S/C25H22F3N3O4S2/c26-25(27,28)20-7-4-8-21-22(20)29-24(36-21)31(16-18-6-5-15-35-18)23(32)17-9-11-19(12-10-17)37(33,34)30-13-2-1-3-14-30/h4-12,15H,1-3,13-14,16H2. The molecule has 5 rings (SSSR count). The van der Waals surface area contributed by atoms with Gasteiger partial charge in [0.1, 0.15) is 5.76 Å². The van der Waals surface area contributed by atoms with Crippen molar-refractivity contribution in [3.8, 4) is 0 Å². The third-order valence-electron chi connectivity index (χ3n) is 6.14. The molecule has 1 aliphatic heterocycles. The fourth-order valence-corrected chi connectivity index (χ4v) is 6.75. The average molecular weight is 550 g/mol. The number of hydrogen-bond donors (Lipinski definition) is 0. The largest absolute Gasteiger partial charge is 0.467 e. The van der Waals surface area contributed by atoms with Crippen LogP contribution in [0.3, 0.4) is 0 Å². The minimum atomic E-state index is -4.60. The number of carbonyl (C=O) groups excluding carboxylic acids is 1. The summed E-state index contributed by atoms with van der Waals surface area (Å²) in [6.45, 7) is 0.843. The summed E-state index contributed by atoms with van der Waals surface area (Å²) in [7, 11) is -3.68. The van der Waals surface area contributed by atoms with Gasteiger partial charge < -0.3 is 4.42 Å². The van der Waals surface area contributed by atoms with Gasteiger partial charge in [0.25, 0.3) is 5.91 Å². The molecule has 0 spiro atoms. The van der Waals surface area contributed by atoms with E-state index in [1.807, 2.05) is 0 Å². The van der Waals surface area contributed by atoms with E-state index in [9.17, 15) is 26.4 Å². The molecule has 4 aromatic rings. The average Bonchev–Trinajstić information content (AvgIpc) is 3.56. The van der Waals surface area contributed by atoms with Gasteiger partial charge in [-0.15, -0.1) is 0 Å². The van der Waals surface area contributed by atoms with Gasteiger partial charge in [0.15, 0.2) is 5.13 Å². The molecule has 0 N–H and O–H groups in total. The number of nitrogens with zero attached hydrogens (tertiary/aromatic N) is 3. The molecule has 0 radical (unpaired) electrons. The van der Waals surface area contributed by atoms with Gasteiger partial charge in [-0.25, -0.2) is 13.4 Å². The summed E-state index contributed by atoms with van der Waals surface area (Å²) in [5.41, 5.74) is -0.958. The Morgan fingerprint density at radius 1 is 1.03 bits per heavy atom. The highest BCUT2D eigenvalue weighted by Crippen LogP contribution is 2.39. The van der Waals surface area contributed by atoms with Gasteiger partial charge >= 0.3 is 6.18 Å². The molecule has 0 saturated carbocycles. The highest BCUT2D eigenvalue weighted by Gasteiger charge is 2.34. The molecule has 1 saturated heterocycles. The van der Waals surface area contributed by atoms with Gasteiger partial charge in [0.05, 0.1) is 33.5 Å². The van der Waals surface area contributed by atoms with Gasteiger partial charge in [-0.2, -0.15) is 17.5 Å². The van der Waals surface area contributed by atoms with Crippen molar-refractivity contribution >= 4 is 42.6 Å². The van der Waals surface area contributed by atoms with Crippen molar-refractivity contribution in [3.63, 3.8) is 0 Å². The van der Waals surface area contributed by atoms with E-state index < -0.39 is 27.7 Å². The van der Waals surface area contributed by atoms with E-state index in [0.29, 0.717) is 18.8 Å². The van der Waals surface area contributed by atoms with Crippen molar-refractivity contribution < 1.29 is 30.8 Å². The van der Waals surface area contributed by atoms with Crippen molar-refractivity contribution in [1.29, 1.82) is 0 Å². The van der Waals surface area contributed by atoms with E-state index in [-0.39, 0.29) is 32.4 Å². The second-order valence-corrected chi connectivity index (χ2v) is 11.6. The first kappa shape index (κ1) is 25.4. The van der Waals surface area contributed by atoms with E-state index in [2.05, 4.69) is 4.98 Å². The first-order valence-corrected chi connectivity index (χ1v) is 13.8. The van der Waals surface area contributed by atoms with Gasteiger partial charge in [-0.05, 0) is 61.4 Å². The molecule has 1 fully saturated rings. The number of fused-ring (bicyclic) bond motifs is 1. The summed E-state index contributed by atoms with van der Waals surface area (Å²) in [5, 5.41) is 0.0677. The summed E-state index contributed by atoms with van der Waals surface area (Å²) in [6.07, 6.45) is -0.582. The molecule has 2 aromatic carbocycles.